The predicted octanol–water partition coefficient (Wildman–Crippen LogP) is 4.36. The zero-order chi connectivity index (χ0) is 20.3. The molecule has 1 heterocycles. The summed E-state index contributed by atoms with van der Waals surface area (Å²) in [5, 5.41) is 1.81. The van der Waals surface area contributed by atoms with E-state index in [0.29, 0.717) is 37.8 Å². The number of hydrogen-bond donors (Lipinski definition) is 1. The fraction of sp³-hybridized carbons (Fsp3) is 0.105. The van der Waals surface area contributed by atoms with E-state index in [9.17, 15) is 14.4 Å². The number of imide groups is 1. The van der Waals surface area contributed by atoms with Crippen LogP contribution in [0.15, 0.2) is 45.8 Å². The number of hydrogen-bond acceptors (Lipinski definition) is 7. The molecule has 28 heavy (non-hydrogen) atoms. The van der Waals surface area contributed by atoms with E-state index in [1.165, 1.54) is 14.2 Å². The molecule has 0 radical (unpaired) electrons. The molecule has 0 saturated carbocycles. The van der Waals surface area contributed by atoms with Gasteiger partial charge in [-0.05, 0) is 69.7 Å². The summed E-state index contributed by atoms with van der Waals surface area (Å²) in [4.78, 5) is 34.8. The first kappa shape index (κ1) is 20.0. The minimum Gasteiger partial charge on any atom is -0.493 e. The number of ether oxygens (including phenoxy) is 3. The molecule has 1 fully saturated rings. The molecule has 0 bridgehead atoms. The quantitative estimate of drug-likeness (QED) is 0.520. The fourth-order valence-electron chi connectivity index (χ4n) is 2.38. The Morgan fingerprint density at radius 3 is 2.43 bits per heavy atom. The van der Waals surface area contributed by atoms with Crippen LogP contribution in [-0.2, 0) is 9.53 Å². The van der Waals surface area contributed by atoms with Crippen LogP contribution in [0.3, 0.4) is 0 Å². The second-order valence-electron chi connectivity index (χ2n) is 5.50. The Balaban J connectivity index is 1.85. The zero-order valence-corrected chi connectivity index (χ0v) is 17.2. The normalized spacial score (nSPS) is 14.8. The van der Waals surface area contributed by atoms with Gasteiger partial charge in [0.05, 0.1) is 29.2 Å². The van der Waals surface area contributed by atoms with E-state index < -0.39 is 17.1 Å². The van der Waals surface area contributed by atoms with Crippen LogP contribution < -0.4 is 14.8 Å². The highest BCUT2D eigenvalue weighted by atomic mass is 79.9. The molecule has 0 spiro atoms. The average molecular weight is 464 g/mol. The molecule has 0 atom stereocenters. The number of esters is 1. The number of rotatable bonds is 5. The molecule has 7 nitrogen and oxygen atoms in total. The third-order valence-corrected chi connectivity index (χ3v) is 5.13. The Labute approximate surface area is 173 Å². The van der Waals surface area contributed by atoms with Crippen molar-refractivity contribution >= 4 is 50.9 Å². The lowest BCUT2D eigenvalue weighted by molar-refractivity contribution is -0.115. The van der Waals surface area contributed by atoms with Crippen molar-refractivity contribution in [3.05, 3.63) is 56.9 Å². The van der Waals surface area contributed by atoms with Crippen LogP contribution in [-0.4, -0.2) is 31.3 Å². The van der Waals surface area contributed by atoms with Gasteiger partial charge in [0.15, 0.2) is 11.5 Å². The van der Waals surface area contributed by atoms with Gasteiger partial charge in [-0.15, -0.1) is 0 Å². The van der Waals surface area contributed by atoms with E-state index in [-0.39, 0.29) is 0 Å². The van der Waals surface area contributed by atoms with Crippen molar-refractivity contribution in [3.63, 3.8) is 0 Å². The lowest BCUT2D eigenvalue weighted by atomic mass is 10.1. The van der Waals surface area contributed by atoms with Gasteiger partial charge in [0.25, 0.3) is 11.1 Å². The summed E-state index contributed by atoms with van der Waals surface area (Å²) in [7, 11) is 2.81. The van der Waals surface area contributed by atoms with Crippen LogP contribution in [0.2, 0.25) is 0 Å². The Morgan fingerprint density at radius 2 is 1.82 bits per heavy atom. The minimum absolute atomic E-state index is 0.307. The van der Waals surface area contributed by atoms with Gasteiger partial charge in [0.1, 0.15) is 5.75 Å². The summed E-state index contributed by atoms with van der Waals surface area (Å²) in [5.74, 6) is 0.482. The number of thioether (sulfide) groups is 1. The van der Waals surface area contributed by atoms with Crippen molar-refractivity contribution in [1.29, 1.82) is 0 Å². The van der Waals surface area contributed by atoms with Gasteiger partial charge in [-0.3, -0.25) is 14.9 Å². The molecule has 144 valence electrons. The predicted molar refractivity (Wildman–Crippen MR) is 108 cm³/mol. The van der Waals surface area contributed by atoms with Crippen LogP contribution >= 0.6 is 27.7 Å². The molecule has 0 unspecified atom stereocenters. The molecule has 1 aliphatic heterocycles. The summed E-state index contributed by atoms with van der Waals surface area (Å²) < 4.78 is 16.5. The average Bonchev–Trinajstić information content (AvgIpc) is 3.00. The maximum atomic E-state index is 11.7. The number of benzene rings is 2. The largest absolute Gasteiger partial charge is 0.493 e. The topological polar surface area (TPSA) is 90.9 Å². The number of nitrogens with one attached hydrogen (secondary N) is 1. The molecule has 1 saturated heterocycles. The third-order valence-electron chi connectivity index (χ3n) is 3.70. The number of carbonyl (C=O) groups excluding carboxylic acids is 3. The molecule has 0 aromatic heterocycles. The monoisotopic (exact) mass is 463 g/mol. The van der Waals surface area contributed by atoms with E-state index >= 15 is 0 Å². The van der Waals surface area contributed by atoms with Gasteiger partial charge in [-0.25, -0.2) is 4.79 Å². The van der Waals surface area contributed by atoms with E-state index in [1.54, 1.807) is 42.5 Å². The fourth-order valence-corrected chi connectivity index (χ4v) is 3.52. The first-order valence-electron chi connectivity index (χ1n) is 7.90. The SMILES string of the molecule is COC(=O)c1ccc(Oc2ccc(C=C3SC(=O)NC3=O)cc2OC)c(Br)c1. The van der Waals surface area contributed by atoms with E-state index in [0.717, 1.165) is 11.8 Å². The summed E-state index contributed by atoms with van der Waals surface area (Å²) in [6.45, 7) is 0. The van der Waals surface area contributed by atoms with Gasteiger partial charge >= 0.3 is 5.97 Å². The van der Waals surface area contributed by atoms with Gasteiger partial charge in [-0.2, -0.15) is 0 Å². The van der Waals surface area contributed by atoms with Crippen molar-refractivity contribution < 1.29 is 28.6 Å². The molecular weight excluding hydrogens is 450 g/mol. The molecule has 2 amide bonds. The number of halogens is 1. The second kappa shape index (κ2) is 8.49. The van der Waals surface area contributed by atoms with E-state index in [2.05, 4.69) is 21.2 Å². The van der Waals surface area contributed by atoms with E-state index in [4.69, 9.17) is 14.2 Å². The highest BCUT2D eigenvalue weighted by Gasteiger charge is 2.25. The molecule has 3 rings (SSSR count). The van der Waals surface area contributed by atoms with Gasteiger partial charge in [0.2, 0.25) is 0 Å². The molecule has 1 aliphatic rings. The lowest BCUT2D eigenvalue weighted by Crippen LogP contribution is -2.17. The summed E-state index contributed by atoms with van der Waals surface area (Å²) >= 11 is 4.21. The van der Waals surface area contributed by atoms with Crippen molar-refractivity contribution in [2.45, 2.75) is 0 Å². The van der Waals surface area contributed by atoms with E-state index in [1.807, 2.05) is 0 Å². The van der Waals surface area contributed by atoms with Gasteiger partial charge in [-0.1, -0.05) is 6.07 Å². The highest BCUT2D eigenvalue weighted by Crippen LogP contribution is 2.37. The van der Waals surface area contributed by atoms with Crippen LogP contribution in [0, 0.1) is 0 Å². The summed E-state index contributed by atoms with van der Waals surface area (Å²) in [6, 6.07) is 9.93. The number of amides is 2. The maximum Gasteiger partial charge on any atom is 0.337 e. The zero-order valence-electron chi connectivity index (χ0n) is 14.8. The Kier molecular flexibility index (Phi) is 6.05. The van der Waals surface area contributed by atoms with Crippen LogP contribution in [0.1, 0.15) is 15.9 Å². The molecule has 9 heteroatoms. The molecule has 0 aliphatic carbocycles. The van der Waals surface area contributed by atoms with Crippen molar-refractivity contribution in [1.82, 2.24) is 5.32 Å². The van der Waals surface area contributed by atoms with Crippen LogP contribution in [0.25, 0.3) is 6.08 Å². The standard InChI is InChI=1S/C19H14BrNO6S/c1-25-15-7-10(8-16-17(22)21-19(24)28-16)3-5-14(15)27-13-6-4-11(9-12(13)20)18(23)26-2/h3-9H,1-2H3,(H,21,22,24). The summed E-state index contributed by atoms with van der Waals surface area (Å²) in [6.07, 6.45) is 1.60. The first-order valence-corrected chi connectivity index (χ1v) is 9.51. The van der Waals surface area contributed by atoms with Crippen molar-refractivity contribution in [3.8, 4) is 17.2 Å². The molecule has 2 aromatic rings. The Bertz CT molecular complexity index is 1000. The number of methoxy groups -OCH3 is 2. The molecular formula is C19H14BrNO6S. The highest BCUT2D eigenvalue weighted by molar-refractivity contribution is 9.10. The molecule has 2 aromatic carbocycles. The van der Waals surface area contributed by atoms with Crippen LogP contribution in [0.4, 0.5) is 4.79 Å². The maximum absolute atomic E-state index is 11.7. The van der Waals surface area contributed by atoms with Gasteiger partial charge < -0.3 is 14.2 Å². The van der Waals surface area contributed by atoms with Crippen molar-refractivity contribution in [2.24, 2.45) is 0 Å². The Hall–Kier alpha value is -2.78. The third kappa shape index (κ3) is 4.37. The molecule has 1 N–H and O–H groups in total. The lowest BCUT2D eigenvalue weighted by Gasteiger charge is -2.13. The van der Waals surface area contributed by atoms with Gasteiger partial charge in [0, 0.05) is 0 Å². The second-order valence-corrected chi connectivity index (χ2v) is 7.37. The van der Waals surface area contributed by atoms with Crippen LogP contribution in [0.5, 0.6) is 17.2 Å². The minimum atomic E-state index is -0.450. The Morgan fingerprint density at radius 1 is 1.07 bits per heavy atom. The smallest absolute Gasteiger partial charge is 0.337 e. The first-order chi connectivity index (χ1) is 13.4. The number of carbonyl (C=O) groups is 3. The van der Waals surface area contributed by atoms with Crippen molar-refractivity contribution in [2.75, 3.05) is 14.2 Å². The summed E-state index contributed by atoms with van der Waals surface area (Å²) in [5.41, 5.74) is 1.06.